The van der Waals surface area contributed by atoms with Crippen LogP contribution in [0.15, 0.2) is 42.7 Å². The lowest BCUT2D eigenvalue weighted by Gasteiger charge is -2.35. The zero-order valence-electron chi connectivity index (χ0n) is 15.4. The smallest absolute Gasteiger partial charge is 0.255 e. The predicted molar refractivity (Wildman–Crippen MR) is 105 cm³/mol. The van der Waals surface area contributed by atoms with E-state index in [1.54, 1.807) is 12.4 Å². The summed E-state index contributed by atoms with van der Waals surface area (Å²) in [7, 11) is 0. The minimum atomic E-state index is 0.0516. The molecule has 0 spiro atoms. The van der Waals surface area contributed by atoms with Crippen LogP contribution in [0, 0.1) is 0 Å². The van der Waals surface area contributed by atoms with Gasteiger partial charge >= 0.3 is 0 Å². The Hall–Kier alpha value is -2.63. The molecule has 0 atom stereocenters. The first-order valence-electron chi connectivity index (χ1n) is 9.43. The van der Waals surface area contributed by atoms with Crippen LogP contribution in [0.5, 0.6) is 0 Å². The molecular formula is C20H27N5O. The highest BCUT2D eigenvalue weighted by atomic mass is 16.2. The predicted octanol–water partition coefficient (Wildman–Crippen LogP) is 3.04. The molecule has 3 rings (SSSR count). The fourth-order valence-corrected chi connectivity index (χ4v) is 3.08. The van der Waals surface area contributed by atoms with E-state index in [9.17, 15) is 4.79 Å². The number of piperazine rings is 1. The minimum absolute atomic E-state index is 0.0516. The number of nitrogens with zero attached hydrogens (tertiary/aromatic N) is 4. The molecule has 26 heavy (non-hydrogen) atoms. The normalized spacial score (nSPS) is 14.3. The molecule has 6 heteroatoms. The summed E-state index contributed by atoms with van der Waals surface area (Å²) in [6, 6.07) is 9.67. The molecule has 1 N–H and O–H groups in total. The van der Waals surface area contributed by atoms with Gasteiger partial charge in [-0.2, -0.15) is 0 Å². The second kappa shape index (κ2) is 9.17. The Labute approximate surface area is 155 Å². The second-order valence-corrected chi connectivity index (χ2v) is 6.53. The molecule has 0 aromatic carbocycles. The lowest BCUT2D eigenvalue weighted by Crippen LogP contribution is -2.49. The number of hydrogen-bond donors (Lipinski definition) is 1. The van der Waals surface area contributed by atoms with Crippen molar-refractivity contribution in [2.24, 2.45) is 0 Å². The molecular weight excluding hydrogens is 326 g/mol. The van der Waals surface area contributed by atoms with Gasteiger partial charge in [0.15, 0.2) is 0 Å². The Bertz CT molecular complexity index is 681. The Morgan fingerprint density at radius 1 is 1.08 bits per heavy atom. The largest absolute Gasteiger partial charge is 0.370 e. The molecule has 6 nitrogen and oxygen atoms in total. The maximum atomic E-state index is 12.7. The molecule has 1 saturated heterocycles. The van der Waals surface area contributed by atoms with E-state index in [2.05, 4.69) is 27.1 Å². The molecule has 1 amide bonds. The maximum Gasteiger partial charge on any atom is 0.255 e. The van der Waals surface area contributed by atoms with Gasteiger partial charge in [0.2, 0.25) is 0 Å². The summed E-state index contributed by atoms with van der Waals surface area (Å²) in [5.41, 5.74) is 0.649. The SMILES string of the molecule is CCCCCNc1ccc(C(=O)N2CCN(c3ccccn3)CC2)cn1. The van der Waals surface area contributed by atoms with E-state index in [1.165, 1.54) is 12.8 Å². The molecule has 3 heterocycles. The molecule has 1 fully saturated rings. The van der Waals surface area contributed by atoms with E-state index in [1.807, 2.05) is 35.2 Å². The number of rotatable bonds is 7. The fraction of sp³-hybridized carbons (Fsp3) is 0.450. The van der Waals surface area contributed by atoms with Gasteiger partial charge in [0.25, 0.3) is 5.91 Å². The van der Waals surface area contributed by atoms with Crippen molar-refractivity contribution in [3.05, 3.63) is 48.3 Å². The number of carbonyl (C=O) groups excluding carboxylic acids is 1. The molecule has 2 aromatic rings. The zero-order chi connectivity index (χ0) is 18.2. The Morgan fingerprint density at radius 2 is 1.92 bits per heavy atom. The summed E-state index contributed by atoms with van der Waals surface area (Å²) < 4.78 is 0. The van der Waals surface area contributed by atoms with Gasteiger partial charge in [0.1, 0.15) is 11.6 Å². The van der Waals surface area contributed by atoms with Crippen LogP contribution in [0.1, 0.15) is 36.5 Å². The second-order valence-electron chi connectivity index (χ2n) is 6.53. The zero-order valence-corrected chi connectivity index (χ0v) is 15.4. The third-order valence-electron chi connectivity index (χ3n) is 4.64. The van der Waals surface area contributed by atoms with Crippen LogP contribution in [0.25, 0.3) is 0 Å². The lowest BCUT2D eigenvalue weighted by atomic mass is 10.2. The number of amides is 1. The Balaban J connectivity index is 1.50. The lowest BCUT2D eigenvalue weighted by molar-refractivity contribution is 0.0746. The van der Waals surface area contributed by atoms with Crippen LogP contribution >= 0.6 is 0 Å². The van der Waals surface area contributed by atoms with Crippen molar-refractivity contribution in [2.75, 3.05) is 42.9 Å². The molecule has 1 aliphatic heterocycles. The minimum Gasteiger partial charge on any atom is -0.370 e. The molecule has 0 aliphatic carbocycles. The van der Waals surface area contributed by atoms with E-state index < -0.39 is 0 Å². The molecule has 1 aliphatic rings. The fourth-order valence-electron chi connectivity index (χ4n) is 3.08. The van der Waals surface area contributed by atoms with Crippen molar-refractivity contribution < 1.29 is 4.79 Å². The highest BCUT2D eigenvalue weighted by Crippen LogP contribution is 2.15. The Morgan fingerprint density at radius 3 is 2.58 bits per heavy atom. The molecule has 0 unspecified atom stereocenters. The van der Waals surface area contributed by atoms with Crippen molar-refractivity contribution in [3.8, 4) is 0 Å². The summed E-state index contributed by atoms with van der Waals surface area (Å²) in [4.78, 5) is 25.5. The summed E-state index contributed by atoms with van der Waals surface area (Å²) in [6.07, 6.45) is 7.04. The highest BCUT2D eigenvalue weighted by Gasteiger charge is 2.22. The van der Waals surface area contributed by atoms with Crippen LogP contribution in [-0.2, 0) is 0 Å². The number of aromatic nitrogens is 2. The van der Waals surface area contributed by atoms with Crippen molar-refractivity contribution in [1.29, 1.82) is 0 Å². The molecule has 0 radical (unpaired) electrons. The third kappa shape index (κ3) is 4.71. The van der Waals surface area contributed by atoms with Gasteiger partial charge in [-0.05, 0) is 30.7 Å². The van der Waals surface area contributed by atoms with Gasteiger partial charge < -0.3 is 15.1 Å². The highest BCUT2D eigenvalue weighted by molar-refractivity contribution is 5.94. The van der Waals surface area contributed by atoms with Crippen LogP contribution < -0.4 is 10.2 Å². The average Bonchev–Trinajstić information content (AvgIpc) is 2.72. The van der Waals surface area contributed by atoms with Crippen LogP contribution in [-0.4, -0.2) is 53.5 Å². The van der Waals surface area contributed by atoms with E-state index in [-0.39, 0.29) is 5.91 Å². The number of carbonyl (C=O) groups is 1. The van der Waals surface area contributed by atoms with Crippen LogP contribution in [0.2, 0.25) is 0 Å². The number of nitrogens with one attached hydrogen (secondary N) is 1. The summed E-state index contributed by atoms with van der Waals surface area (Å²) in [5.74, 6) is 1.85. The van der Waals surface area contributed by atoms with E-state index >= 15 is 0 Å². The van der Waals surface area contributed by atoms with Crippen molar-refractivity contribution in [1.82, 2.24) is 14.9 Å². The molecule has 2 aromatic heterocycles. The van der Waals surface area contributed by atoms with Crippen molar-refractivity contribution in [3.63, 3.8) is 0 Å². The number of pyridine rings is 2. The van der Waals surface area contributed by atoms with Gasteiger partial charge in [0, 0.05) is 45.1 Å². The standard InChI is InChI=1S/C20H27N5O/c1-2-3-5-10-21-18-9-8-17(16-23-18)20(26)25-14-12-24(13-15-25)19-7-4-6-11-22-19/h4,6-9,11,16H,2-3,5,10,12-15H2,1H3,(H,21,23). The van der Waals surface area contributed by atoms with Crippen molar-refractivity contribution >= 4 is 17.5 Å². The number of hydrogen-bond acceptors (Lipinski definition) is 5. The first kappa shape index (κ1) is 18.2. The topological polar surface area (TPSA) is 61.4 Å². The molecule has 138 valence electrons. The molecule has 0 bridgehead atoms. The van der Waals surface area contributed by atoms with Crippen LogP contribution in [0.4, 0.5) is 11.6 Å². The third-order valence-corrected chi connectivity index (χ3v) is 4.64. The quantitative estimate of drug-likeness (QED) is 0.775. The monoisotopic (exact) mass is 353 g/mol. The van der Waals surface area contributed by atoms with Gasteiger partial charge in [-0.3, -0.25) is 4.79 Å². The first-order chi connectivity index (χ1) is 12.8. The van der Waals surface area contributed by atoms with Gasteiger partial charge in [-0.25, -0.2) is 9.97 Å². The number of unbranched alkanes of at least 4 members (excludes halogenated alkanes) is 2. The van der Waals surface area contributed by atoms with Gasteiger partial charge in [0.05, 0.1) is 5.56 Å². The van der Waals surface area contributed by atoms with E-state index in [4.69, 9.17) is 0 Å². The summed E-state index contributed by atoms with van der Waals surface area (Å²) in [6.45, 7) is 6.11. The maximum absolute atomic E-state index is 12.7. The van der Waals surface area contributed by atoms with Gasteiger partial charge in [-0.1, -0.05) is 25.8 Å². The summed E-state index contributed by atoms with van der Waals surface area (Å²) >= 11 is 0. The average molecular weight is 353 g/mol. The molecule has 0 saturated carbocycles. The Kier molecular flexibility index (Phi) is 6.41. The number of anilines is 2. The van der Waals surface area contributed by atoms with Crippen molar-refractivity contribution in [2.45, 2.75) is 26.2 Å². The van der Waals surface area contributed by atoms with E-state index in [0.29, 0.717) is 18.7 Å². The van der Waals surface area contributed by atoms with Gasteiger partial charge in [-0.15, -0.1) is 0 Å². The van der Waals surface area contributed by atoms with E-state index in [0.717, 1.165) is 37.7 Å². The first-order valence-corrected chi connectivity index (χ1v) is 9.43. The van der Waals surface area contributed by atoms with Crippen LogP contribution in [0.3, 0.4) is 0 Å². The summed E-state index contributed by atoms with van der Waals surface area (Å²) in [5, 5.41) is 3.30.